The number of nitrogens with two attached hydrogens (primary N) is 1. The monoisotopic (exact) mass is 366 g/mol. The molecule has 3 N–H and O–H groups in total. The number of ether oxygens (including phenoxy) is 1. The first-order valence-electron chi connectivity index (χ1n) is 7.54. The first-order valence-corrected chi connectivity index (χ1v) is 9.02. The minimum atomic E-state index is -3.79. The molecule has 0 radical (unpaired) electrons. The average Bonchev–Trinajstić information content (AvgIpc) is 2.53. The molecule has 0 amide bonds. The zero-order valence-electron chi connectivity index (χ0n) is 13.1. The van der Waals surface area contributed by atoms with Gasteiger partial charge in [0.15, 0.2) is 11.6 Å². The summed E-state index contributed by atoms with van der Waals surface area (Å²) < 4.78 is 46.0. The number of halogens is 2. The van der Waals surface area contributed by atoms with Crippen molar-refractivity contribution in [3.8, 4) is 5.75 Å². The third-order valence-electron chi connectivity index (χ3n) is 4.21. The minimum absolute atomic E-state index is 0. The summed E-state index contributed by atoms with van der Waals surface area (Å²) in [5.74, 6) is -0.439. The van der Waals surface area contributed by atoms with Crippen LogP contribution in [-0.4, -0.2) is 28.1 Å². The van der Waals surface area contributed by atoms with Crippen LogP contribution in [0, 0.1) is 11.7 Å². The average molecular weight is 367 g/mol. The molecule has 1 atom stereocenters. The number of hydrogen-bond acceptors (Lipinski definition) is 4. The molecule has 23 heavy (non-hydrogen) atoms. The van der Waals surface area contributed by atoms with Gasteiger partial charge in [-0.3, -0.25) is 0 Å². The summed E-state index contributed by atoms with van der Waals surface area (Å²) >= 11 is 0. The highest BCUT2D eigenvalue weighted by Gasteiger charge is 2.27. The number of hydrogen-bond donors (Lipinski definition) is 2. The zero-order chi connectivity index (χ0) is 16.2. The van der Waals surface area contributed by atoms with E-state index in [1.54, 1.807) is 0 Å². The topological polar surface area (TPSA) is 81.4 Å². The van der Waals surface area contributed by atoms with Crippen LogP contribution in [0.15, 0.2) is 23.1 Å². The van der Waals surface area contributed by atoms with Crippen molar-refractivity contribution in [3.05, 3.63) is 24.0 Å². The summed E-state index contributed by atoms with van der Waals surface area (Å²) in [7, 11) is -2.46. The number of benzene rings is 1. The van der Waals surface area contributed by atoms with Gasteiger partial charge in [-0.15, -0.1) is 12.4 Å². The standard InChI is InChI=1S/C15H23FN2O3S.ClH/c1-21-15-8-7-12(9-13(15)16)22(19,20)18-14(10-17)11-5-3-2-4-6-11;/h7-9,11,14,18H,2-6,10,17H2,1H3;1H. The molecule has 1 aliphatic carbocycles. The molecule has 2 rings (SSSR count). The Balaban J connectivity index is 0.00000264. The van der Waals surface area contributed by atoms with Gasteiger partial charge in [0.25, 0.3) is 0 Å². The van der Waals surface area contributed by atoms with Crippen LogP contribution in [0.5, 0.6) is 5.75 Å². The van der Waals surface area contributed by atoms with Crippen molar-refractivity contribution in [2.75, 3.05) is 13.7 Å². The SMILES string of the molecule is COc1ccc(S(=O)(=O)NC(CN)C2CCCCC2)cc1F.Cl. The van der Waals surface area contributed by atoms with Crippen molar-refractivity contribution in [1.82, 2.24) is 4.72 Å². The summed E-state index contributed by atoms with van der Waals surface area (Å²) in [5, 5.41) is 0. The third-order valence-corrected chi connectivity index (χ3v) is 5.70. The van der Waals surface area contributed by atoms with Crippen LogP contribution >= 0.6 is 12.4 Å². The van der Waals surface area contributed by atoms with E-state index in [9.17, 15) is 12.8 Å². The molecule has 0 heterocycles. The Bertz CT molecular complexity index is 607. The highest BCUT2D eigenvalue weighted by Crippen LogP contribution is 2.27. The molecule has 1 saturated carbocycles. The fraction of sp³-hybridized carbons (Fsp3) is 0.600. The van der Waals surface area contributed by atoms with Crippen LogP contribution in [0.1, 0.15) is 32.1 Å². The second-order valence-electron chi connectivity index (χ2n) is 5.66. The highest BCUT2D eigenvalue weighted by atomic mass is 35.5. The highest BCUT2D eigenvalue weighted by molar-refractivity contribution is 7.89. The fourth-order valence-electron chi connectivity index (χ4n) is 2.95. The second kappa shape index (κ2) is 8.82. The van der Waals surface area contributed by atoms with E-state index >= 15 is 0 Å². The molecule has 0 aliphatic heterocycles. The van der Waals surface area contributed by atoms with Gasteiger partial charge in [0, 0.05) is 12.6 Å². The lowest BCUT2D eigenvalue weighted by Crippen LogP contribution is -2.45. The van der Waals surface area contributed by atoms with Crippen LogP contribution in [-0.2, 0) is 10.0 Å². The molecule has 8 heteroatoms. The van der Waals surface area contributed by atoms with Crippen LogP contribution in [0.25, 0.3) is 0 Å². The van der Waals surface area contributed by atoms with Crippen molar-refractivity contribution in [3.63, 3.8) is 0 Å². The van der Waals surface area contributed by atoms with E-state index in [-0.39, 0.29) is 41.6 Å². The molecule has 1 unspecified atom stereocenters. The number of sulfonamides is 1. The van der Waals surface area contributed by atoms with Gasteiger partial charge >= 0.3 is 0 Å². The van der Waals surface area contributed by atoms with Gasteiger partial charge in [-0.05, 0) is 37.0 Å². The molecule has 0 bridgehead atoms. The summed E-state index contributed by atoms with van der Waals surface area (Å²) in [6, 6.07) is 3.30. The largest absolute Gasteiger partial charge is 0.494 e. The Hall–Kier alpha value is -0.890. The first-order chi connectivity index (χ1) is 10.5. The smallest absolute Gasteiger partial charge is 0.240 e. The maximum atomic E-state index is 13.7. The van der Waals surface area contributed by atoms with E-state index in [1.807, 2.05) is 0 Å². The van der Waals surface area contributed by atoms with Crippen molar-refractivity contribution in [2.24, 2.45) is 11.7 Å². The Labute approximate surface area is 143 Å². The van der Waals surface area contributed by atoms with Gasteiger partial charge < -0.3 is 10.5 Å². The first kappa shape index (κ1) is 20.2. The molecule has 1 aromatic carbocycles. The Morgan fingerprint density at radius 1 is 1.35 bits per heavy atom. The molecule has 0 spiro atoms. The Morgan fingerprint density at radius 3 is 2.52 bits per heavy atom. The van der Waals surface area contributed by atoms with Gasteiger partial charge in [0.05, 0.1) is 12.0 Å². The Kier molecular flexibility index (Phi) is 7.73. The summed E-state index contributed by atoms with van der Waals surface area (Å²) in [6.45, 7) is 0.239. The van der Waals surface area contributed by atoms with Crippen molar-refractivity contribution >= 4 is 22.4 Å². The summed E-state index contributed by atoms with van der Waals surface area (Å²) in [5.41, 5.74) is 5.74. The molecule has 0 saturated heterocycles. The molecule has 1 aromatic rings. The van der Waals surface area contributed by atoms with Crippen LogP contribution in [0.3, 0.4) is 0 Å². The molecular formula is C15H24ClFN2O3S. The minimum Gasteiger partial charge on any atom is -0.494 e. The van der Waals surface area contributed by atoms with Crippen molar-refractivity contribution in [1.29, 1.82) is 0 Å². The lowest BCUT2D eigenvalue weighted by atomic mass is 9.84. The molecule has 5 nitrogen and oxygen atoms in total. The maximum Gasteiger partial charge on any atom is 0.240 e. The van der Waals surface area contributed by atoms with Crippen LogP contribution in [0.4, 0.5) is 4.39 Å². The molecule has 0 aromatic heterocycles. The van der Waals surface area contributed by atoms with E-state index < -0.39 is 15.8 Å². The normalized spacial score (nSPS) is 17.3. The number of methoxy groups -OCH3 is 1. The van der Waals surface area contributed by atoms with Crippen LogP contribution in [0.2, 0.25) is 0 Å². The number of rotatable bonds is 6. The summed E-state index contributed by atoms with van der Waals surface area (Å²) in [4.78, 5) is -0.111. The molecular weight excluding hydrogens is 343 g/mol. The summed E-state index contributed by atoms with van der Waals surface area (Å²) in [6.07, 6.45) is 5.33. The van der Waals surface area contributed by atoms with E-state index in [0.717, 1.165) is 31.7 Å². The zero-order valence-corrected chi connectivity index (χ0v) is 14.8. The fourth-order valence-corrected chi connectivity index (χ4v) is 4.28. The van der Waals surface area contributed by atoms with E-state index in [0.29, 0.717) is 0 Å². The predicted octanol–water partition coefficient (Wildman–Crippen LogP) is 2.44. The predicted molar refractivity (Wildman–Crippen MR) is 89.9 cm³/mol. The van der Waals surface area contributed by atoms with Gasteiger partial charge in [-0.25, -0.2) is 17.5 Å². The van der Waals surface area contributed by atoms with Crippen molar-refractivity contribution < 1.29 is 17.5 Å². The molecule has 1 fully saturated rings. The molecule has 1 aliphatic rings. The van der Waals surface area contributed by atoms with Gasteiger partial charge in [-0.1, -0.05) is 19.3 Å². The Morgan fingerprint density at radius 2 is 2.00 bits per heavy atom. The van der Waals surface area contributed by atoms with Crippen LogP contribution < -0.4 is 15.2 Å². The van der Waals surface area contributed by atoms with E-state index in [1.165, 1.54) is 25.7 Å². The van der Waals surface area contributed by atoms with Gasteiger partial charge in [0.1, 0.15) is 0 Å². The second-order valence-corrected chi connectivity index (χ2v) is 7.37. The lowest BCUT2D eigenvalue weighted by molar-refractivity contribution is 0.294. The van der Waals surface area contributed by atoms with Gasteiger partial charge in [0.2, 0.25) is 10.0 Å². The third kappa shape index (κ3) is 5.04. The van der Waals surface area contributed by atoms with E-state index in [4.69, 9.17) is 10.5 Å². The molecule has 132 valence electrons. The van der Waals surface area contributed by atoms with Crippen molar-refractivity contribution in [2.45, 2.75) is 43.0 Å². The van der Waals surface area contributed by atoms with E-state index in [2.05, 4.69) is 4.72 Å². The quantitative estimate of drug-likeness (QED) is 0.810. The maximum absolute atomic E-state index is 13.7. The number of nitrogens with one attached hydrogen (secondary N) is 1. The van der Waals surface area contributed by atoms with Gasteiger partial charge in [-0.2, -0.15) is 0 Å². The lowest BCUT2D eigenvalue weighted by Gasteiger charge is -2.29.